The molecule has 0 aliphatic carbocycles. The Hall–Kier alpha value is -1.61. The van der Waals surface area contributed by atoms with Crippen LogP contribution < -0.4 is 5.32 Å². The van der Waals surface area contributed by atoms with Crippen LogP contribution in [0.1, 0.15) is 21.5 Å². The Bertz CT molecular complexity index is 593. The van der Waals surface area contributed by atoms with E-state index < -0.39 is 0 Å². The van der Waals surface area contributed by atoms with Crippen molar-refractivity contribution in [2.24, 2.45) is 0 Å². The number of amides is 1. The molecule has 0 heterocycles. The van der Waals surface area contributed by atoms with E-state index in [9.17, 15) is 4.79 Å². The molecule has 0 saturated carbocycles. The Morgan fingerprint density at radius 2 is 1.89 bits per heavy atom. The van der Waals surface area contributed by atoms with Crippen molar-refractivity contribution in [2.75, 3.05) is 5.32 Å². The van der Waals surface area contributed by atoms with Crippen molar-refractivity contribution in [3.8, 4) is 0 Å². The highest BCUT2D eigenvalue weighted by Gasteiger charge is 2.07. The number of carbonyl (C=O) groups excluding carboxylic acids is 1. The third kappa shape index (κ3) is 2.99. The summed E-state index contributed by atoms with van der Waals surface area (Å²) in [6, 6.07) is 13.3. The molecular weight excluding hydrogens is 290 g/mol. The Balaban J connectivity index is 2.21. The van der Waals surface area contributed by atoms with Gasteiger partial charge >= 0.3 is 0 Å². The third-order valence-corrected chi connectivity index (χ3v) is 3.21. The molecule has 1 N–H and O–H groups in total. The second-order valence-corrected chi connectivity index (χ2v) is 5.20. The zero-order valence-corrected chi connectivity index (χ0v) is 11.9. The largest absolute Gasteiger partial charge is 0.322 e. The van der Waals surface area contributed by atoms with Gasteiger partial charge < -0.3 is 5.32 Å². The Labute approximate surface area is 115 Å². The van der Waals surface area contributed by atoms with E-state index >= 15 is 0 Å². The lowest BCUT2D eigenvalue weighted by Gasteiger charge is -2.09. The molecular formula is C15H14BrNO. The van der Waals surface area contributed by atoms with Crippen LogP contribution in [0, 0.1) is 13.8 Å². The summed E-state index contributed by atoms with van der Waals surface area (Å²) >= 11 is 3.36. The topological polar surface area (TPSA) is 29.1 Å². The minimum Gasteiger partial charge on any atom is -0.322 e. The number of anilines is 1. The van der Waals surface area contributed by atoms with E-state index in [-0.39, 0.29) is 5.91 Å². The standard InChI is InChI=1S/C15H14BrNO/c1-10-6-7-14(11(2)8-10)17-15(18)12-4-3-5-13(16)9-12/h3-9H,1-2H3,(H,17,18). The van der Waals surface area contributed by atoms with Crippen LogP contribution in [0.3, 0.4) is 0 Å². The highest BCUT2D eigenvalue weighted by atomic mass is 79.9. The second-order valence-electron chi connectivity index (χ2n) is 4.28. The molecule has 0 aliphatic rings. The minimum absolute atomic E-state index is 0.0942. The Morgan fingerprint density at radius 3 is 2.56 bits per heavy atom. The summed E-state index contributed by atoms with van der Waals surface area (Å²) < 4.78 is 0.899. The lowest BCUT2D eigenvalue weighted by molar-refractivity contribution is 0.102. The summed E-state index contributed by atoms with van der Waals surface area (Å²) in [7, 11) is 0. The first-order valence-corrected chi connectivity index (χ1v) is 6.50. The summed E-state index contributed by atoms with van der Waals surface area (Å²) in [6.45, 7) is 4.02. The Kier molecular flexibility index (Phi) is 3.82. The van der Waals surface area contributed by atoms with Crippen molar-refractivity contribution in [3.63, 3.8) is 0 Å². The average molecular weight is 304 g/mol. The van der Waals surface area contributed by atoms with Gasteiger partial charge in [-0.25, -0.2) is 0 Å². The molecule has 92 valence electrons. The number of carbonyl (C=O) groups is 1. The van der Waals surface area contributed by atoms with Crippen LogP contribution in [0.25, 0.3) is 0 Å². The summed E-state index contributed by atoms with van der Waals surface area (Å²) in [5.41, 5.74) is 3.75. The van der Waals surface area contributed by atoms with E-state index in [1.807, 2.05) is 38.1 Å². The van der Waals surface area contributed by atoms with Gasteiger partial charge in [0.25, 0.3) is 5.91 Å². The first kappa shape index (κ1) is 12.8. The van der Waals surface area contributed by atoms with Gasteiger partial charge in [-0.15, -0.1) is 0 Å². The molecule has 0 aliphatic heterocycles. The van der Waals surface area contributed by atoms with Gasteiger partial charge in [-0.3, -0.25) is 4.79 Å². The maximum atomic E-state index is 12.1. The molecule has 2 nitrogen and oxygen atoms in total. The molecule has 0 fully saturated rings. The van der Waals surface area contributed by atoms with Crippen molar-refractivity contribution < 1.29 is 4.79 Å². The van der Waals surface area contributed by atoms with E-state index in [0.29, 0.717) is 5.56 Å². The second kappa shape index (κ2) is 5.36. The van der Waals surface area contributed by atoms with Crippen LogP contribution in [0.4, 0.5) is 5.69 Å². The number of benzene rings is 2. The number of halogens is 1. The van der Waals surface area contributed by atoms with Crippen LogP contribution in [-0.4, -0.2) is 5.91 Å². The van der Waals surface area contributed by atoms with Crippen LogP contribution in [0.2, 0.25) is 0 Å². The van der Waals surface area contributed by atoms with E-state index in [4.69, 9.17) is 0 Å². The first-order valence-electron chi connectivity index (χ1n) is 5.70. The fourth-order valence-electron chi connectivity index (χ4n) is 1.78. The van der Waals surface area contributed by atoms with Gasteiger partial charge in [0.05, 0.1) is 0 Å². The molecule has 0 unspecified atom stereocenters. The molecule has 0 saturated heterocycles. The monoisotopic (exact) mass is 303 g/mol. The lowest BCUT2D eigenvalue weighted by atomic mass is 10.1. The summed E-state index contributed by atoms with van der Waals surface area (Å²) in [4.78, 5) is 12.1. The first-order chi connectivity index (χ1) is 8.56. The van der Waals surface area contributed by atoms with Crippen LogP contribution >= 0.6 is 15.9 Å². The number of rotatable bonds is 2. The van der Waals surface area contributed by atoms with Crippen molar-refractivity contribution in [2.45, 2.75) is 13.8 Å². The van der Waals surface area contributed by atoms with E-state index in [1.165, 1.54) is 5.56 Å². The van der Waals surface area contributed by atoms with Gasteiger partial charge in [-0.2, -0.15) is 0 Å². The highest BCUT2D eigenvalue weighted by Crippen LogP contribution is 2.18. The van der Waals surface area contributed by atoms with Crippen molar-refractivity contribution >= 4 is 27.5 Å². The summed E-state index contributed by atoms with van der Waals surface area (Å²) in [6.07, 6.45) is 0. The maximum Gasteiger partial charge on any atom is 0.255 e. The molecule has 0 aromatic heterocycles. The minimum atomic E-state index is -0.0942. The number of hydrogen-bond donors (Lipinski definition) is 1. The average Bonchev–Trinajstić information content (AvgIpc) is 2.32. The Morgan fingerprint density at radius 1 is 1.11 bits per heavy atom. The van der Waals surface area contributed by atoms with Crippen LogP contribution in [0.15, 0.2) is 46.9 Å². The van der Waals surface area contributed by atoms with Crippen molar-refractivity contribution in [3.05, 3.63) is 63.6 Å². The molecule has 2 aromatic carbocycles. The SMILES string of the molecule is Cc1ccc(NC(=O)c2cccc(Br)c2)c(C)c1. The van der Waals surface area contributed by atoms with Crippen molar-refractivity contribution in [1.82, 2.24) is 0 Å². The van der Waals surface area contributed by atoms with Gasteiger partial charge in [-0.1, -0.05) is 39.7 Å². The van der Waals surface area contributed by atoms with Crippen molar-refractivity contribution in [1.29, 1.82) is 0 Å². The van der Waals surface area contributed by atoms with Gasteiger partial charge in [0, 0.05) is 15.7 Å². The molecule has 0 spiro atoms. The molecule has 1 amide bonds. The molecule has 18 heavy (non-hydrogen) atoms. The number of nitrogens with one attached hydrogen (secondary N) is 1. The molecule has 2 rings (SSSR count). The molecule has 0 radical (unpaired) electrons. The normalized spacial score (nSPS) is 10.2. The molecule has 0 bridgehead atoms. The number of aryl methyl sites for hydroxylation is 2. The number of hydrogen-bond acceptors (Lipinski definition) is 1. The van der Waals surface area contributed by atoms with E-state index in [2.05, 4.69) is 27.3 Å². The van der Waals surface area contributed by atoms with Crippen LogP contribution in [0.5, 0.6) is 0 Å². The highest BCUT2D eigenvalue weighted by molar-refractivity contribution is 9.10. The fourth-order valence-corrected chi connectivity index (χ4v) is 2.18. The predicted molar refractivity (Wildman–Crippen MR) is 78.0 cm³/mol. The summed E-state index contributed by atoms with van der Waals surface area (Å²) in [5.74, 6) is -0.0942. The molecule has 2 aromatic rings. The van der Waals surface area contributed by atoms with Gasteiger partial charge in [0.15, 0.2) is 0 Å². The predicted octanol–water partition coefficient (Wildman–Crippen LogP) is 4.32. The smallest absolute Gasteiger partial charge is 0.255 e. The van der Waals surface area contributed by atoms with Gasteiger partial charge in [-0.05, 0) is 43.7 Å². The third-order valence-electron chi connectivity index (χ3n) is 2.72. The van der Waals surface area contributed by atoms with Gasteiger partial charge in [0.2, 0.25) is 0 Å². The van der Waals surface area contributed by atoms with E-state index in [1.54, 1.807) is 12.1 Å². The quantitative estimate of drug-likeness (QED) is 0.879. The van der Waals surface area contributed by atoms with Gasteiger partial charge in [0.1, 0.15) is 0 Å². The fraction of sp³-hybridized carbons (Fsp3) is 0.133. The van der Waals surface area contributed by atoms with Crippen LogP contribution in [-0.2, 0) is 0 Å². The van der Waals surface area contributed by atoms with E-state index in [0.717, 1.165) is 15.7 Å². The maximum absolute atomic E-state index is 12.1. The summed E-state index contributed by atoms with van der Waals surface area (Å²) in [5, 5.41) is 2.92. The zero-order valence-electron chi connectivity index (χ0n) is 10.3. The zero-order chi connectivity index (χ0) is 13.1. The lowest BCUT2D eigenvalue weighted by Crippen LogP contribution is -2.12. The molecule has 3 heteroatoms. The molecule has 0 atom stereocenters.